The van der Waals surface area contributed by atoms with Crippen LogP contribution in [0.3, 0.4) is 0 Å². The smallest absolute Gasteiger partial charge is 0.152 e. The van der Waals surface area contributed by atoms with E-state index in [-0.39, 0.29) is 11.2 Å². The summed E-state index contributed by atoms with van der Waals surface area (Å²) in [5, 5.41) is 10.9. The molecule has 2 N–H and O–H groups in total. The lowest BCUT2D eigenvalue weighted by molar-refractivity contribution is 0.185. The molecule has 5 heteroatoms. The number of hydrogen-bond donors (Lipinski definition) is 2. The monoisotopic (exact) mass is 509 g/mol. The molecule has 1 heterocycles. The van der Waals surface area contributed by atoms with Crippen molar-refractivity contribution in [3.8, 4) is 0 Å². The SMILES string of the molecule is CC/C=C(/O/C(=C/CCC)C(C)(C)C)C1CCC(c2cc(Nc3ccc(CCC)c(CC)c3F)n[nH]2)C1. The zero-order chi connectivity index (χ0) is 27.0. The number of nitrogens with zero attached hydrogens (tertiary/aromatic N) is 1. The molecule has 2 unspecified atom stereocenters. The minimum Gasteiger partial charge on any atom is -0.466 e. The highest BCUT2D eigenvalue weighted by atomic mass is 19.1. The molecule has 0 saturated heterocycles. The van der Waals surface area contributed by atoms with Gasteiger partial charge in [-0.25, -0.2) is 4.39 Å². The Labute approximate surface area is 224 Å². The van der Waals surface area contributed by atoms with Gasteiger partial charge in [0.1, 0.15) is 17.3 Å². The largest absolute Gasteiger partial charge is 0.466 e. The molecule has 0 radical (unpaired) electrons. The Morgan fingerprint density at radius 1 is 1.14 bits per heavy atom. The van der Waals surface area contributed by atoms with Gasteiger partial charge >= 0.3 is 0 Å². The first-order valence-electron chi connectivity index (χ1n) is 14.4. The number of aromatic amines is 1. The minimum absolute atomic E-state index is 0.0222. The number of ether oxygens (including phenoxy) is 1. The Balaban J connectivity index is 1.71. The maximum absolute atomic E-state index is 15.2. The van der Waals surface area contributed by atoms with Crippen LogP contribution in [0.15, 0.2) is 41.9 Å². The van der Waals surface area contributed by atoms with E-state index in [4.69, 9.17) is 4.74 Å². The Morgan fingerprint density at radius 2 is 1.92 bits per heavy atom. The van der Waals surface area contributed by atoms with Gasteiger partial charge in [0, 0.05) is 29.0 Å². The average Bonchev–Trinajstić information content (AvgIpc) is 3.52. The van der Waals surface area contributed by atoms with Crippen LogP contribution in [0.1, 0.15) is 116 Å². The number of halogens is 1. The summed E-state index contributed by atoms with van der Waals surface area (Å²) in [5.74, 6) is 3.48. The summed E-state index contributed by atoms with van der Waals surface area (Å²) in [6.45, 7) is 15.2. The van der Waals surface area contributed by atoms with E-state index in [0.29, 0.717) is 29.8 Å². The highest BCUT2D eigenvalue weighted by Crippen LogP contribution is 2.43. The first-order valence-corrected chi connectivity index (χ1v) is 14.4. The van der Waals surface area contributed by atoms with Crippen LogP contribution in [-0.4, -0.2) is 10.2 Å². The van der Waals surface area contributed by atoms with Gasteiger partial charge in [-0.3, -0.25) is 5.10 Å². The Kier molecular flexibility index (Phi) is 10.4. The van der Waals surface area contributed by atoms with Gasteiger partial charge < -0.3 is 10.1 Å². The summed E-state index contributed by atoms with van der Waals surface area (Å²) in [6.07, 6.45) is 13.4. The van der Waals surface area contributed by atoms with Gasteiger partial charge in [-0.1, -0.05) is 67.4 Å². The highest BCUT2D eigenvalue weighted by Gasteiger charge is 2.32. The summed E-state index contributed by atoms with van der Waals surface area (Å²) < 4.78 is 21.8. The van der Waals surface area contributed by atoms with Crippen LogP contribution in [0, 0.1) is 17.2 Å². The van der Waals surface area contributed by atoms with Gasteiger partial charge in [-0.05, 0) is 74.3 Å². The highest BCUT2D eigenvalue weighted by molar-refractivity contribution is 5.59. The van der Waals surface area contributed by atoms with Crippen LogP contribution in [0.25, 0.3) is 0 Å². The van der Waals surface area contributed by atoms with E-state index in [2.05, 4.69) is 69.2 Å². The molecular weight excluding hydrogens is 461 g/mol. The number of aryl methyl sites for hydroxylation is 1. The molecule has 0 amide bonds. The number of unbranched alkanes of at least 4 members (excludes halogenated alkanes) is 1. The fourth-order valence-electron chi connectivity index (χ4n) is 5.31. The lowest BCUT2D eigenvalue weighted by Gasteiger charge is -2.27. The van der Waals surface area contributed by atoms with Crippen molar-refractivity contribution in [1.82, 2.24) is 10.2 Å². The van der Waals surface area contributed by atoms with Gasteiger partial charge in [0.05, 0.1) is 5.69 Å². The standard InChI is InChI=1S/C32H48FN3O/c1-8-12-15-29(32(5,6)7)37-28(14-10-3)24-17-16-23(20-24)27-21-30(36-35-27)34-26-19-18-22(13-9-2)25(11-4)31(26)33/h14-15,18-19,21,23-24H,8-13,16-17,20H2,1-7H3,(H2,34,35,36)/b28-14+,29-15+. The molecule has 1 aromatic heterocycles. The second kappa shape index (κ2) is 13.3. The summed E-state index contributed by atoms with van der Waals surface area (Å²) >= 11 is 0. The van der Waals surface area contributed by atoms with Gasteiger partial charge in [0.25, 0.3) is 0 Å². The predicted octanol–water partition coefficient (Wildman–Crippen LogP) is 9.73. The van der Waals surface area contributed by atoms with E-state index in [1.165, 1.54) is 0 Å². The van der Waals surface area contributed by atoms with Crippen LogP contribution < -0.4 is 5.32 Å². The number of nitrogens with one attached hydrogen (secondary N) is 2. The van der Waals surface area contributed by atoms with Gasteiger partial charge in [0.15, 0.2) is 5.82 Å². The third kappa shape index (κ3) is 7.49. The fraction of sp³-hybridized carbons (Fsp3) is 0.594. The number of rotatable bonds is 12. The molecule has 1 fully saturated rings. The van der Waals surface area contributed by atoms with Gasteiger partial charge in [-0.15, -0.1) is 0 Å². The van der Waals surface area contributed by atoms with Crippen molar-refractivity contribution in [2.24, 2.45) is 11.3 Å². The summed E-state index contributed by atoms with van der Waals surface area (Å²) in [5.41, 5.74) is 3.49. The van der Waals surface area contributed by atoms with Crippen LogP contribution in [0.5, 0.6) is 0 Å². The van der Waals surface area contributed by atoms with Crippen molar-refractivity contribution in [1.29, 1.82) is 0 Å². The molecule has 1 saturated carbocycles. The Morgan fingerprint density at radius 3 is 2.57 bits per heavy atom. The van der Waals surface area contributed by atoms with Crippen molar-refractivity contribution in [2.45, 2.75) is 112 Å². The predicted molar refractivity (Wildman–Crippen MR) is 154 cm³/mol. The van der Waals surface area contributed by atoms with Crippen molar-refractivity contribution < 1.29 is 9.13 Å². The number of aromatic nitrogens is 2. The van der Waals surface area contributed by atoms with Crippen molar-refractivity contribution in [3.05, 3.63) is 64.5 Å². The molecule has 1 aliphatic carbocycles. The fourth-order valence-corrected chi connectivity index (χ4v) is 5.31. The van der Waals surface area contributed by atoms with Gasteiger partial charge in [0.2, 0.25) is 0 Å². The van der Waals surface area contributed by atoms with Crippen LogP contribution >= 0.6 is 0 Å². The molecule has 37 heavy (non-hydrogen) atoms. The topological polar surface area (TPSA) is 49.9 Å². The molecule has 0 aliphatic heterocycles. The molecular formula is C32H48FN3O. The number of hydrogen-bond acceptors (Lipinski definition) is 3. The molecule has 2 atom stereocenters. The van der Waals surface area contributed by atoms with E-state index in [0.717, 1.165) is 79.7 Å². The molecule has 2 aromatic rings. The Hall–Kier alpha value is -2.56. The van der Waals surface area contributed by atoms with E-state index in [1.54, 1.807) is 0 Å². The summed E-state index contributed by atoms with van der Waals surface area (Å²) in [7, 11) is 0. The van der Waals surface area contributed by atoms with Gasteiger partial charge in [-0.2, -0.15) is 5.10 Å². The number of H-pyrrole nitrogens is 1. The summed E-state index contributed by atoms with van der Waals surface area (Å²) in [4.78, 5) is 0. The number of anilines is 2. The molecule has 1 aromatic carbocycles. The van der Waals surface area contributed by atoms with E-state index in [1.807, 2.05) is 25.1 Å². The first-order chi connectivity index (χ1) is 17.7. The molecule has 204 valence electrons. The molecule has 3 rings (SSSR count). The van der Waals surface area contributed by atoms with Crippen LogP contribution in [0.2, 0.25) is 0 Å². The third-order valence-corrected chi connectivity index (χ3v) is 7.34. The molecule has 0 bridgehead atoms. The van der Waals surface area contributed by atoms with Crippen molar-refractivity contribution in [2.75, 3.05) is 5.32 Å². The van der Waals surface area contributed by atoms with Crippen molar-refractivity contribution >= 4 is 11.5 Å². The maximum atomic E-state index is 15.2. The second-order valence-corrected chi connectivity index (χ2v) is 11.4. The molecule has 4 nitrogen and oxygen atoms in total. The Bertz CT molecular complexity index is 1080. The first kappa shape index (κ1) is 29.0. The number of allylic oxidation sites excluding steroid dienone is 4. The minimum atomic E-state index is -0.156. The third-order valence-electron chi connectivity index (χ3n) is 7.34. The molecule has 1 aliphatic rings. The average molecular weight is 510 g/mol. The molecule has 0 spiro atoms. The lowest BCUT2D eigenvalue weighted by Crippen LogP contribution is -2.15. The lowest BCUT2D eigenvalue weighted by atomic mass is 9.92. The van der Waals surface area contributed by atoms with E-state index < -0.39 is 0 Å². The van der Waals surface area contributed by atoms with Crippen LogP contribution in [-0.2, 0) is 17.6 Å². The van der Waals surface area contributed by atoms with Crippen molar-refractivity contribution in [3.63, 3.8) is 0 Å². The summed E-state index contributed by atoms with van der Waals surface area (Å²) in [6, 6.07) is 5.94. The zero-order valence-corrected chi connectivity index (χ0v) is 24.1. The second-order valence-electron chi connectivity index (χ2n) is 11.4. The van der Waals surface area contributed by atoms with E-state index in [9.17, 15) is 0 Å². The zero-order valence-electron chi connectivity index (χ0n) is 24.1. The normalized spacial score (nSPS) is 18.9. The van der Waals surface area contributed by atoms with E-state index >= 15 is 4.39 Å². The van der Waals surface area contributed by atoms with Crippen LogP contribution in [0.4, 0.5) is 15.9 Å². The maximum Gasteiger partial charge on any atom is 0.152 e. The number of benzene rings is 1. The quantitative estimate of drug-likeness (QED) is 0.280.